The lowest BCUT2D eigenvalue weighted by molar-refractivity contribution is -0.137. The minimum Gasteiger partial charge on any atom is -0.449 e. The van der Waals surface area contributed by atoms with Crippen molar-refractivity contribution >= 4 is 29.2 Å². The lowest BCUT2D eigenvalue weighted by Crippen LogP contribution is -2.30. The summed E-state index contributed by atoms with van der Waals surface area (Å²) in [6, 6.07) is 13.0. The van der Waals surface area contributed by atoms with Crippen LogP contribution in [0.15, 0.2) is 73.1 Å². The summed E-state index contributed by atoms with van der Waals surface area (Å²) < 4.78 is 43.0. The maximum Gasteiger partial charge on any atom is 0.416 e. The number of halogens is 3. The van der Waals surface area contributed by atoms with E-state index in [2.05, 4.69) is 15.6 Å². The van der Waals surface area contributed by atoms with Crippen LogP contribution in [0.2, 0.25) is 0 Å². The SMILES string of the molecule is C[C@H](OC(=O)c1cccc(NC(=O)c2cccnc2)c1)C(=O)Nc1ccc(C(F)(F)F)cc1. The van der Waals surface area contributed by atoms with Gasteiger partial charge in [-0.25, -0.2) is 4.79 Å². The quantitative estimate of drug-likeness (QED) is 0.530. The average Bonchev–Trinajstić information content (AvgIpc) is 2.79. The number of esters is 1. The first-order valence-electron chi connectivity index (χ1n) is 9.64. The molecule has 33 heavy (non-hydrogen) atoms. The molecule has 1 atom stereocenters. The zero-order valence-electron chi connectivity index (χ0n) is 17.2. The third kappa shape index (κ3) is 6.39. The van der Waals surface area contributed by atoms with Gasteiger partial charge in [-0.2, -0.15) is 13.2 Å². The zero-order valence-corrected chi connectivity index (χ0v) is 17.2. The summed E-state index contributed by atoms with van der Waals surface area (Å²) in [4.78, 5) is 40.8. The second kappa shape index (κ2) is 9.94. The lowest BCUT2D eigenvalue weighted by Gasteiger charge is -2.14. The van der Waals surface area contributed by atoms with Gasteiger partial charge in [0.15, 0.2) is 6.10 Å². The van der Waals surface area contributed by atoms with Crippen molar-refractivity contribution in [3.05, 3.63) is 89.7 Å². The number of aromatic nitrogens is 1. The molecular weight excluding hydrogens is 439 g/mol. The number of nitrogens with zero attached hydrogens (tertiary/aromatic N) is 1. The molecular formula is C23H18F3N3O4. The molecule has 0 fully saturated rings. The van der Waals surface area contributed by atoms with Gasteiger partial charge in [0.1, 0.15) is 0 Å². The normalized spacial score (nSPS) is 11.9. The van der Waals surface area contributed by atoms with E-state index in [-0.39, 0.29) is 11.3 Å². The number of benzene rings is 2. The van der Waals surface area contributed by atoms with E-state index in [1.807, 2.05) is 0 Å². The van der Waals surface area contributed by atoms with Crippen LogP contribution in [0.3, 0.4) is 0 Å². The molecule has 0 saturated heterocycles. The molecule has 0 aliphatic carbocycles. The van der Waals surface area contributed by atoms with Crippen molar-refractivity contribution < 1.29 is 32.3 Å². The van der Waals surface area contributed by atoms with E-state index in [0.29, 0.717) is 11.3 Å². The van der Waals surface area contributed by atoms with Crippen LogP contribution in [0.4, 0.5) is 24.5 Å². The molecule has 7 nitrogen and oxygen atoms in total. The Kier molecular flexibility index (Phi) is 7.07. The van der Waals surface area contributed by atoms with Gasteiger partial charge in [-0.05, 0) is 61.5 Å². The number of nitrogens with one attached hydrogen (secondary N) is 2. The average molecular weight is 457 g/mol. The van der Waals surface area contributed by atoms with Crippen molar-refractivity contribution in [1.82, 2.24) is 4.98 Å². The van der Waals surface area contributed by atoms with E-state index in [4.69, 9.17) is 4.74 Å². The zero-order chi connectivity index (χ0) is 24.0. The molecule has 0 aliphatic rings. The summed E-state index contributed by atoms with van der Waals surface area (Å²) in [5, 5.41) is 5.02. The fourth-order valence-corrected chi connectivity index (χ4v) is 2.69. The summed E-state index contributed by atoms with van der Waals surface area (Å²) in [6.45, 7) is 1.32. The smallest absolute Gasteiger partial charge is 0.416 e. The van der Waals surface area contributed by atoms with Crippen molar-refractivity contribution in [2.45, 2.75) is 19.2 Å². The first kappa shape index (κ1) is 23.5. The molecule has 0 spiro atoms. The van der Waals surface area contributed by atoms with Gasteiger partial charge >= 0.3 is 12.1 Å². The number of carbonyl (C=O) groups is 3. The standard InChI is InChI=1S/C23H18F3N3O4/c1-14(20(30)28-18-9-7-17(8-10-18)23(24,25)26)33-22(32)15-4-2-6-19(12-15)29-21(31)16-5-3-11-27-13-16/h2-14H,1H3,(H,28,30)(H,29,31)/t14-/m0/s1. The highest BCUT2D eigenvalue weighted by atomic mass is 19.4. The molecule has 10 heteroatoms. The van der Waals surface area contributed by atoms with Gasteiger partial charge in [-0.3, -0.25) is 14.6 Å². The van der Waals surface area contributed by atoms with Gasteiger partial charge < -0.3 is 15.4 Å². The molecule has 2 amide bonds. The fraction of sp³-hybridized carbons (Fsp3) is 0.130. The summed E-state index contributed by atoms with van der Waals surface area (Å²) in [6.07, 6.45) is -2.79. The Morgan fingerprint density at radius 2 is 1.61 bits per heavy atom. The number of alkyl halides is 3. The monoisotopic (exact) mass is 457 g/mol. The molecule has 1 heterocycles. The van der Waals surface area contributed by atoms with E-state index < -0.39 is 35.6 Å². The van der Waals surface area contributed by atoms with Gasteiger partial charge in [0.2, 0.25) is 0 Å². The Morgan fingerprint density at radius 3 is 2.24 bits per heavy atom. The van der Waals surface area contributed by atoms with Crippen molar-refractivity contribution in [2.24, 2.45) is 0 Å². The summed E-state index contributed by atoms with van der Waals surface area (Å²) in [7, 11) is 0. The Bertz CT molecular complexity index is 1150. The van der Waals surface area contributed by atoms with Gasteiger partial charge in [0.05, 0.1) is 16.7 Å². The van der Waals surface area contributed by atoms with E-state index in [9.17, 15) is 27.6 Å². The number of rotatable bonds is 6. The van der Waals surface area contributed by atoms with Gasteiger partial charge in [0.25, 0.3) is 11.8 Å². The first-order valence-corrected chi connectivity index (χ1v) is 9.64. The molecule has 170 valence electrons. The third-order valence-corrected chi connectivity index (χ3v) is 4.41. The number of hydrogen-bond acceptors (Lipinski definition) is 5. The van der Waals surface area contributed by atoms with Crippen molar-refractivity contribution in [3.8, 4) is 0 Å². The van der Waals surface area contributed by atoms with Crippen LogP contribution in [-0.2, 0) is 15.7 Å². The van der Waals surface area contributed by atoms with E-state index in [1.54, 1.807) is 18.2 Å². The molecule has 1 aromatic heterocycles. The topological polar surface area (TPSA) is 97.4 Å². The number of ether oxygens (including phenoxy) is 1. The summed E-state index contributed by atoms with van der Waals surface area (Å²) in [5.41, 5.74) is 0.0267. The van der Waals surface area contributed by atoms with Crippen LogP contribution >= 0.6 is 0 Å². The van der Waals surface area contributed by atoms with Crippen LogP contribution in [0.1, 0.15) is 33.2 Å². The number of pyridine rings is 1. The van der Waals surface area contributed by atoms with Crippen molar-refractivity contribution in [1.29, 1.82) is 0 Å². The van der Waals surface area contributed by atoms with Crippen molar-refractivity contribution in [2.75, 3.05) is 10.6 Å². The highest BCUT2D eigenvalue weighted by Gasteiger charge is 2.30. The molecule has 0 saturated carbocycles. The predicted octanol–water partition coefficient (Wildman–Crippen LogP) is 4.54. The molecule has 3 rings (SSSR count). The first-order chi connectivity index (χ1) is 15.6. The van der Waals surface area contributed by atoms with Crippen LogP contribution in [0.25, 0.3) is 0 Å². The number of hydrogen-bond donors (Lipinski definition) is 2. The highest BCUT2D eigenvalue weighted by Crippen LogP contribution is 2.29. The van der Waals surface area contributed by atoms with Gasteiger partial charge in [-0.15, -0.1) is 0 Å². The van der Waals surface area contributed by atoms with Crippen LogP contribution < -0.4 is 10.6 Å². The van der Waals surface area contributed by atoms with Gasteiger partial charge in [0, 0.05) is 23.8 Å². The largest absolute Gasteiger partial charge is 0.449 e. The molecule has 2 aromatic carbocycles. The van der Waals surface area contributed by atoms with Crippen LogP contribution in [-0.4, -0.2) is 28.9 Å². The molecule has 0 bridgehead atoms. The Labute approximate surface area is 186 Å². The highest BCUT2D eigenvalue weighted by molar-refractivity contribution is 6.04. The third-order valence-electron chi connectivity index (χ3n) is 4.41. The second-order valence-electron chi connectivity index (χ2n) is 6.89. The van der Waals surface area contributed by atoms with Crippen molar-refractivity contribution in [3.63, 3.8) is 0 Å². The minimum atomic E-state index is -4.49. The Morgan fingerprint density at radius 1 is 0.909 bits per heavy atom. The van der Waals surface area contributed by atoms with Gasteiger partial charge in [-0.1, -0.05) is 6.07 Å². The maximum atomic E-state index is 12.6. The molecule has 0 aliphatic heterocycles. The Balaban J connectivity index is 1.59. The van der Waals surface area contributed by atoms with E-state index in [1.165, 1.54) is 37.5 Å². The molecule has 2 N–H and O–H groups in total. The van der Waals surface area contributed by atoms with Crippen LogP contribution in [0.5, 0.6) is 0 Å². The molecule has 0 unspecified atom stereocenters. The maximum absolute atomic E-state index is 12.6. The number of amides is 2. The van der Waals surface area contributed by atoms with Crippen LogP contribution in [0, 0.1) is 0 Å². The Hall–Kier alpha value is -4.21. The lowest BCUT2D eigenvalue weighted by atomic mass is 10.2. The number of anilines is 2. The second-order valence-corrected chi connectivity index (χ2v) is 6.89. The van der Waals surface area contributed by atoms with E-state index >= 15 is 0 Å². The summed E-state index contributed by atoms with van der Waals surface area (Å²) >= 11 is 0. The van der Waals surface area contributed by atoms with E-state index in [0.717, 1.165) is 24.3 Å². The fourth-order valence-electron chi connectivity index (χ4n) is 2.69. The predicted molar refractivity (Wildman–Crippen MR) is 114 cm³/mol. The number of carbonyl (C=O) groups excluding carboxylic acids is 3. The molecule has 3 aromatic rings. The minimum absolute atomic E-state index is 0.0909. The molecule has 0 radical (unpaired) electrons. The summed E-state index contributed by atoms with van der Waals surface area (Å²) in [5.74, 6) is -1.95.